The molecule has 0 radical (unpaired) electrons. The molecule has 0 saturated heterocycles. The Morgan fingerprint density at radius 3 is 2.67 bits per heavy atom. The molecule has 0 fully saturated rings. The molecule has 1 aromatic heterocycles. The van der Waals surface area contributed by atoms with Crippen molar-refractivity contribution in [3.05, 3.63) is 23.9 Å². The highest BCUT2D eigenvalue weighted by atomic mass is 15.2. The molecule has 1 N–H and O–H groups in total. The number of hydrogen-bond acceptors (Lipinski definition) is 3. The van der Waals surface area contributed by atoms with Gasteiger partial charge in [0.05, 0.1) is 0 Å². The first-order valence-corrected chi connectivity index (χ1v) is 7.17. The van der Waals surface area contributed by atoms with Gasteiger partial charge in [-0.3, -0.25) is 0 Å². The number of aromatic nitrogens is 1. The molecule has 102 valence electrons. The van der Waals surface area contributed by atoms with Crippen LogP contribution in [0.15, 0.2) is 18.3 Å². The molecule has 1 rings (SSSR count). The van der Waals surface area contributed by atoms with Crippen LogP contribution in [0.1, 0.15) is 52.1 Å². The molecule has 3 heteroatoms. The predicted octanol–water partition coefficient (Wildman–Crippen LogP) is 3.38. The molecule has 1 heterocycles. The van der Waals surface area contributed by atoms with E-state index in [1.807, 2.05) is 12.3 Å². The summed E-state index contributed by atoms with van der Waals surface area (Å²) in [5.41, 5.74) is 1.31. The number of hydrogen-bond donors (Lipinski definition) is 1. The van der Waals surface area contributed by atoms with Crippen LogP contribution in [0.4, 0.5) is 5.82 Å². The standard InChI is InChI=1S/C15H27N3/c1-5-10-16-13(4)14-9-8-11-17-15(14)18(7-3)12-6-2/h8-9,11,13,16H,5-7,10,12H2,1-4H3. The van der Waals surface area contributed by atoms with Gasteiger partial charge in [-0.2, -0.15) is 0 Å². The van der Waals surface area contributed by atoms with E-state index in [1.54, 1.807) is 0 Å². The van der Waals surface area contributed by atoms with Gasteiger partial charge in [-0.15, -0.1) is 0 Å². The van der Waals surface area contributed by atoms with Gasteiger partial charge in [0.25, 0.3) is 0 Å². The highest BCUT2D eigenvalue weighted by molar-refractivity contribution is 5.48. The van der Waals surface area contributed by atoms with Crippen molar-refractivity contribution < 1.29 is 0 Å². The van der Waals surface area contributed by atoms with Crippen LogP contribution in [0.25, 0.3) is 0 Å². The zero-order valence-corrected chi connectivity index (χ0v) is 12.2. The third-order valence-electron chi connectivity index (χ3n) is 3.16. The van der Waals surface area contributed by atoms with E-state index in [4.69, 9.17) is 0 Å². The van der Waals surface area contributed by atoms with Crippen molar-refractivity contribution in [1.29, 1.82) is 0 Å². The Balaban J connectivity index is 2.89. The van der Waals surface area contributed by atoms with Crippen LogP contribution in [0.2, 0.25) is 0 Å². The van der Waals surface area contributed by atoms with E-state index in [-0.39, 0.29) is 0 Å². The van der Waals surface area contributed by atoms with Crippen molar-refractivity contribution >= 4 is 5.82 Å². The molecule has 0 bridgehead atoms. The molecule has 3 nitrogen and oxygen atoms in total. The van der Waals surface area contributed by atoms with Crippen molar-refractivity contribution in [3.63, 3.8) is 0 Å². The molecule has 1 atom stereocenters. The van der Waals surface area contributed by atoms with Gasteiger partial charge < -0.3 is 10.2 Å². The summed E-state index contributed by atoms with van der Waals surface area (Å²) >= 11 is 0. The first kappa shape index (κ1) is 15.0. The lowest BCUT2D eigenvalue weighted by molar-refractivity contribution is 0.567. The van der Waals surface area contributed by atoms with E-state index < -0.39 is 0 Å². The van der Waals surface area contributed by atoms with E-state index in [0.717, 1.165) is 38.3 Å². The summed E-state index contributed by atoms with van der Waals surface area (Å²) in [6.45, 7) is 12.0. The predicted molar refractivity (Wildman–Crippen MR) is 79.1 cm³/mol. The monoisotopic (exact) mass is 249 g/mol. The Morgan fingerprint density at radius 2 is 2.06 bits per heavy atom. The van der Waals surface area contributed by atoms with E-state index in [1.165, 1.54) is 5.56 Å². The minimum atomic E-state index is 0.361. The lowest BCUT2D eigenvalue weighted by atomic mass is 10.1. The van der Waals surface area contributed by atoms with E-state index >= 15 is 0 Å². The third-order valence-corrected chi connectivity index (χ3v) is 3.16. The Labute approximate surface area is 112 Å². The smallest absolute Gasteiger partial charge is 0.133 e. The molecule has 18 heavy (non-hydrogen) atoms. The molecule has 0 aliphatic carbocycles. The second-order valence-electron chi connectivity index (χ2n) is 4.67. The van der Waals surface area contributed by atoms with Gasteiger partial charge >= 0.3 is 0 Å². The zero-order valence-electron chi connectivity index (χ0n) is 12.2. The summed E-state index contributed by atoms with van der Waals surface area (Å²) < 4.78 is 0. The molecular weight excluding hydrogens is 222 g/mol. The molecule has 0 spiro atoms. The lowest BCUT2D eigenvalue weighted by Gasteiger charge is -2.26. The van der Waals surface area contributed by atoms with Crippen LogP contribution in [-0.4, -0.2) is 24.6 Å². The first-order chi connectivity index (χ1) is 8.74. The Morgan fingerprint density at radius 1 is 1.28 bits per heavy atom. The molecule has 0 aliphatic rings. The maximum atomic E-state index is 4.58. The van der Waals surface area contributed by atoms with Gasteiger partial charge in [-0.05, 0) is 39.3 Å². The van der Waals surface area contributed by atoms with Crippen molar-refractivity contribution in [3.8, 4) is 0 Å². The highest BCUT2D eigenvalue weighted by Crippen LogP contribution is 2.23. The maximum Gasteiger partial charge on any atom is 0.133 e. The molecule has 0 amide bonds. The minimum Gasteiger partial charge on any atom is -0.357 e. The Hall–Kier alpha value is -1.09. The third kappa shape index (κ3) is 3.98. The molecule has 0 saturated carbocycles. The highest BCUT2D eigenvalue weighted by Gasteiger charge is 2.14. The Bertz CT molecular complexity index is 338. The van der Waals surface area contributed by atoms with Crippen LogP contribution >= 0.6 is 0 Å². The van der Waals surface area contributed by atoms with Crippen LogP contribution in [0.5, 0.6) is 0 Å². The summed E-state index contributed by atoms with van der Waals surface area (Å²) in [5.74, 6) is 1.14. The largest absolute Gasteiger partial charge is 0.357 e. The average Bonchev–Trinajstić information content (AvgIpc) is 2.42. The fraction of sp³-hybridized carbons (Fsp3) is 0.667. The van der Waals surface area contributed by atoms with Crippen molar-refractivity contribution in [2.75, 3.05) is 24.5 Å². The topological polar surface area (TPSA) is 28.2 Å². The number of pyridine rings is 1. The van der Waals surface area contributed by atoms with Crippen LogP contribution < -0.4 is 10.2 Å². The van der Waals surface area contributed by atoms with E-state index in [0.29, 0.717) is 6.04 Å². The van der Waals surface area contributed by atoms with Crippen LogP contribution in [0.3, 0.4) is 0 Å². The van der Waals surface area contributed by atoms with Gasteiger partial charge in [0.15, 0.2) is 0 Å². The normalized spacial score (nSPS) is 12.4. The summed E-state index contributed by atoms with van der Waals surface area (Å²) in [6, 6.07) is 4.58. The van der Waals surface area contributed by atoms with E-state index in [9.17, 15) is 0 Å². The summed E-state index contributed by atoms with van der Waals surface area (Å²) in [5, 5.41) is 3.54. The number of rotatable bonds is 8. The quantitative estimate of drug-likeness (QED) is 0.765. The zero-order chi connectivity index (χ0) is 13.4. The first-order valence-electron chi connectivity index (χ1n) is 7.17. The molecule has 0 aromatic carbocycles. The lowest BCUT2D eigenvalue weighted by Crippen LogP contribution is -2.28. The summed E-state index contributed by atoms with van der Waals surface area (Å²) in [6.07, 6.45) is 4.21. The second-order valence-corrected chi connectivity index (χ2v) is 4.67. The van der Waals surface area contributed by atoms with Gasteiger partial charge in [-0.1, -0.05) is 19.9 Å². The van der Waals surface area contributed by atoms with Crippen molar-refractivity contribution in [2.45, 2.75) is 46.6 Å². The van der Waals surface area contributed by atoms with E-state index in [2.05, 4.69) is 49.0 Å². The SMILES string of the molecule is CCCNC(C)c1cccnc1N(CC)CCC. The number of nitrogens with zero attached hydrogens (tertiary/aromatic N) is 2. The fourth-order valence-corrected chi connectivity index (χ4v) is 2.17. The molecule has 0 aliphatic heterocycles. The summed E-state index contributed by atoms with van der Waals surface area (Å²) in [4.78, 5) is 6.94. The van der Waals surface area contributed by atoms with Crippen LogP contribution in [0, 0.1) is 0 Å². The number of anilines is 1. The van der Waals surface area contributed by atoms with Gasteiger partial charge in [-0.25, -0.2) is 4.98 Å². The van der Waals surface area contributed by atoms with Crippen molar-refractivity contribution in [2.24, 2.45) is 0 Å². The van der Waals surface area contributed by atoms with Crippen molar-refractivity contribution in [1.82, 2.24) is 10.3 Å². The molecule has 1 aromatic rings. The van der Waals surface area contributed by atoms with Crippen LogP contribution in [-0.2, 0) is 0 Å². The summed E-state index contributed by atoms with van der Waals surface area (Å²) in [7, 11) is 0. The fourth-order valence-electron chi connectivity index (χ4n) is 2.17. The maximum absolute atomic E-state index is 4.58. The number of nitrogens with one attached hydrogen (secondary N) is 1. The minimum absolute atomic E-state index is 0.361. The Kier molecular flexibility index (Phi) is 6.73. The second kappa shape index (κ2) is 8.09. The molecule has 1 unspecified atom stereocenters. The van der Waals surface area contributed by atoms with Gasteiger partial charge in [0.1, 0.15) is 5.82 Å². The van der Waals surface area contributed by atoms with Gasteiger partial charge in [0.2, 0.25) is 0 Å². The van der Waals surface area contributed by atoms with Gasteiger partial charge in [0, 0.05) is 30.9 Å². The molecular formula is C15H27N3. The average molecular weight is 249 g/mol.